The van der Waals surface area contributed by atoms with Gasteiger partial charge in [0.1, 0.15) is 0 Å². The zero-order valence-electron chi connectivity index (χ0n) is 8.59. The van der Waals surface area contributed by atoms with Crippen molar-refractivity contribution in [3.63, 3.8) is 0 Å². The van der Waals surface area contributed by atoms with E-state index in [4.69, 9.17) is 5.73 Å². The summed E-state index contributed by atoms with van der Waals surface area (Å²) < 4.78 is 1.03. The van der Waals surface area contributed by atoms with Gasteiger partial charge in [-0.2, -0.15) is 0 Å². The van der Waals surface area contributed by atoms with Gasteiger partial charge >= 0.3 is 0 Å². The maximum Gasteiger partial charge on any atom is 0.203 e. The van der Waals surface area contributed by atoms with Crippen LogP contribution in [0.25, 0.3) is 21.5 Å². The second kappa shape index (κ2) is 4.05. The zero-order valence-corrected chi connectivity index (χ0v) is 11.0. The van der Waals surface area contributed by atoms with Gasteiger partial charge in [0.2, 0.25) is 5.13 Å². The highest BCUT2D eigenvalue weighted by molar-refractivity contribution is 9.10. The van der Waals surface area contributed by atoms with Crippen molar-refractivity contribution in [3.05, 3.63) is 34.9 Å². The van der Waals surface area contributed by atoms with Gasteiger partial charge in [0.15, 0.2) is 5.01 Å². The van der Waals surface area contributed by atoms with E-state index in [1.54, 1.807) is 6.20 Å². The van der Waals surface area contributed by atoms with Gasteiger partial charge in [0, 0.05) is 21.6 Å². The third-order valence-electron chi connectivity index (χ3n) is 2.33. The number of pyridine rings is 1. The van der Waals surface area contributed by atoms with Crippen molar-refractivity contribution >= 4 is 43.3 Å². The van der Waals surface area contributed by atoms with Crippen LogP contribution >= 0.6 is 27.3 Å². The van der Waals surface area contributed by atoms with E-state index in [0.29, 0.717) is 5.13 Å². The fourth-order valence-corrected chi connectivity index (χ4v) is 2.54. The summed E-state index contributed by atoms with van der Waals surface area (Å²) in [4.78, 5) is 4.39. The molecule has 6 heteroatoms. The van der Waals surface area contributed by atoms with Gasteiger partial charge in [-0.15, -0.1) is 10.2 Å². The number of fused-ring (bicyclic) bond motifs is 1. The summed E-state index contributed by atoms with van der Waals surface area (Å²) >= 11 is 4.80. The van der Waals surface area contributed by atoms with Gasteiger partial charge < -0.3 is 5.73 Å². The number of nitrogens with two attached hydrogens (primary N) is 1. The van der Waals surface area contributed by atoms with Crippen LogP contribution in [0.4, 0.5) is 5.13 Å². The second-order valence-electron chi connectivity index (χ2n) is 3.51. The molecule has 0 aliphatic carbocycles. The van der Waals surface area contributed by atoms with E-state index in [1.807, 2.05) is 24.3 Å². The fraction of sp³-hybridized carbons (Fsp3) is 0. The molecule has 0 spiro atoms. The van der Waals surface area contributed by atoms with Gasteiger partial charge in [-0.3, -0.25) is 4.98 Å². The molecule has 0 amide bonds. The lowest BCUT2D eigenvalue weighted by atomic mass is 10.2. The minimum Gasteiger partial charge on any atom is -0.374 e. The first-order valence-electron chi connectivity index (χ1n) is 4.87. The highest BCUT2D eigenvalue weighted by Gasteiger charge is 2.06. The van der Waals surface area contributed by atoms with Crippen LogP contribution in [0.3, 0.4) is 0 Å². The summed E-state index contributed by atoms with van der Waals surface area (Å²) in [5.41, 5.74) is 7.46. The topological polar surface area (TPSA) is 64.7 Å². The van der Waals surface area contributed by atoms with Gasteiger partial charge in [-0.05, 0) is 24.3 Å². The molecule has 84 valence electrons. The summed E-state index contributed by atoms with van der Waals surface area (Å²) in [5, 5.41) is 10.1. The summed E-state index contributed by atoms with van der Waals surface area (Å²) in [6.07, 6.45) is 1.79. The van der Waals surface area contributed by atoms with E-state index in [-0.39, 0.29) is 0 Å². The molecule has 0 atom stereocenters. The molecule has 0 fully saturated rings. The van der Waals surface area contributed by atoms with Crippen LogP contribution in [-0.4, -0.2) is 15.2 Å². The number of nitrogen functional groups attached to an aromatic ring is 1. The first-order valence-corrected chi connectivity index (χ1v) is 6.48. The highest BCUT2D eigenvalue weighted by atomic mass is 79.9. The molecule has 0 aliphatic heterocycles. The lowest BCUT2D eigenvalue weighted by Crippen LogP contribution is -1.83. The minimum atomic E-state index is 0.467. The maximum atomic E-state index is 5.57. The molecule has 1 aromatic carbocycles. The molecule has 0 unspecified atom stereocenters. The van der Waals surface area contributed by atoms with Crippen LogP contribution in [0, 0.1) is 0 Å². The van der Waals surface area contributed by atoms with E-state index in [2.05, 4.69) is 31.1 Å². The van der Waals surface area contributed by atoms with Gasteiger partial charge in [0.25, 0.3) is 0 Å². The highest BCUT2D eigenvalue weighted by Crippen LogP contribution is 2.27. The number of anilines is 1. The third-order valence-corrected chi connectivity index (χ3v) is 3.63. The third kappa shape index (κ3) is 2.01. The van der Waals surface area contributed by atoms with Crippen LogP contribution in [-0.2, 0) is 0 Å². The van der Waals surface area contributed by atoms with E-state index in [9.17, 15) is 0 Å². The van der Waals surface area contributed by atoms with Crippen LogP contribution in [0.5, 0.6) is 0 Å². The zero-order chi connectivity index (χ0) is 11.8. The molecule has 0 radical (unpaired) electrons. The van der Waals surface area contributed by atoms with Gasteiger partial charge in [-0.1, -0.05) is 27.3 Å². The first-order chi connectivity index (χ1) is 8.22. The Kier molecular flexibility index (Phi) is 2.53. The number of hydrogen-bond donors (Lipinski definition) is 1. The van der Waals surface area contributed by atoms with Gasteiger partial charge in [-0.25, -0.2) is 0 Å². The number of hydrogen-bond acceptors (Lipinski definition) is 5. The number of halogens is 1. The molecule has 2 aromatic heterocycles. The predicted molar refractivity (Wildman–Crippen MR) is 72.8 cm³/mol. The van der Waals surface area contributed by atoms with Gasteiger partial charge in [0.05, 0.1) is 5.52 Å². The largest absolute Gasteiger partial charge is 0.374 e. The number of rotatable bonds is 1. The Labute approximate surface area is 110 Å². The molecule has 0 bridgehead atoms. The second-order valence-corrected chi connectivity index (χ2v) is 5.43. The molecule has 0 saturated carbocycles. The van der Waals surface area contributed by atoms with Crippen LogP contribution in [0.1, 0.15) is 0 Å². The van der Waals surface area contributed by atoms with E-state index >= 15 is 0 Å². The lowest BCUT2D eigenvalue weighted by Gasteiger charge is -2.00. The Balaban J connectivity index is 2.18. The first kappa shape index (κ1) is 10.6. The Bertz CT molecular complexity index is 695. The van der Waals surface area contributed by atoms with Crippen molar-refractivity contribution < 1.29 is 0 Å². The average molecular weight is 307 g/mol. The molecule has 3 rings (SSSR count). The Morgan fingerprint density at radius 3 is 2.82 bits per heavy atom. The van der Waals surface area contributed by atoms with Crippen molar-refractivity contribution in [2.24, 2.45) is 0 Å². The molecule has 17 heavy (non-hydrogen) atoms. The number of aromatic nitrogens is 3. The molecule has 3 aromatic rings. The Morgan fingerprint density at radius 2 is 2.06 bits per heavy atom. The SMILES string of the molecule is Nc1nnc(-c2cnc3ccc(Br)cc3c2)s1. The summed E-state index contributed by atoms with van der Waals surface area (Å²) in [6, 6.07) is 8.00. The molecule has 4 nitrogen and oxygen atoms in total. The number of nitrogens with zero attached hydrogens (tertiary/aromatic N) is 3. The van der Waals surface area contributed by atoms with Crippen molar-refractivity contribution in [1.82, 2.24) is 15.2 Å². The molecular weight excluding hydrogens is 300 g/mol. The molecule has 2 N–H and O–H groups in total. The van der Waals surface area contributed by atoms with Crippen molar-refractivity contribution in [2.75, 3.05) is 5.73 Å². The average Bonchev–Trinajstić information content (AvgIpc) is 2.75. The lowest BCUT2D eigenvalue weighted by molar-refractivity contribution is 1.10. The Morgan fingerprint density at radius 1 is 1.18 bits per heavy atom. The summed E-state index contributed by atoms with van der Waals surface area (Å²) in [5.74, 6) is 0. The minimum absolute atomic E-state index is 0.467. The van der Waals surface area contributed by atoms with Crippen LogP contribution < -0.4 is 5.73 Å². The molecule has 0 saturated heterocycles. The van der Waals surface area contributed by atoms with Crippen LogP contribution in [0.15, 0.2) is 34.9 Å². The normalized spacial score (nSPS) is 10.9. The fourth-order valence-electron chi connectivity index (χ4n) is 1.57. The van der Waals surface area contributed by atoms with Crippen molar-refractivity contribution in [3.8, 4) is 10.6 Å². The van der Waals surface area contributed by atoms with Crippen LogP contribution in [0.2, 0.25) is 0 Å². The van der Waals surface area contributed by atoms with E-state index in [1.165, 1.54) is 11.3 Å². The maximum absolute atomic E-state index is 5.57. The summed E-state index contributed by atoms with van der Waals surface area (Å²) in [6.45, 7) is 0. The summed E-state index contributed by atoms with van der Waals surface area (Å²) in [7, 11) is 0. The van der Waals surface area contributed by atoms with E-state index in [0.717, 1.165) is 25.9 Å². The monoisotopic (exact) mass is 306 g/mol. The standard InChI is InChI=1S/C11H7BrN4S/c12-8-1-2-9-6(4-8)3-7(5-14-9)10-15-16-11(13)17-10/h1-5H,(H2,13,16). The predicted octanol–water partition coefficient (Wildman–Crippen LogP) is 3.10. The smallest absolute Gasteiger partial charge is 0.203 e. The van der Waals surface area contributed by atoms with E-state index < -0.39 is 0 Å². The quantitative estimate of drug-likeness (QED) is 0.750. The molecule has 2 heterocycles. The van der Waals surface area contributed by atoms with Crippen molar-refractivity contribution in [1.29, 1.82) is 0 Å². The number of benzene rings is 1. The van der Waals surface area contributed by atoms with Crippen molar-refractivity contribution in [2.45, 2.75) is 0 Å². The molecule has 0 aliphatic rings. The molecular formula is C11H7BrN4S. The Hall–Kier alpha value is -1.53.